The molecule has 0 fully saturated rings. The van der Waals surface area contributed by atoms with E-state index in [0.29, 0.717) is 0 Å². The van der Waals surface area contributed by atoms with E-state index in [2.05, 4.69) is 26.8 Å². The van der Waals surface area contributed by atoms with E-state index in [1.807, 2.05) is 25.7 Å². The summed E-state index contributed by atoms with van der Waals surface area (Å²) >= 11 is -2.36. The molecule has 146 valence electrons. The summed E-state index contributed by atoms with van der Waals surface area (Å²) in [5, 5.41) is 0. The molecule has 0 aromatic rings. The number of hydrogen-bond acceptors (Lipinski definition) is 2. The summed E-state index contributed by atoms with van der Waals surface area (Å²) in [7, 11) is 0. The number of nitrogens with zero attached hydrogens (tertiary/aromatic N) is 1. The van der Waals surface area contributed by atoms with Crippen molar-refractivity contribution < 1.29 is 9.53 Å². The molecule has 0 unspecified atom stereocenters. The first kappa shape index (κ1) is 22.8. The van der Waals surface area contributed by atoms with E-state index in [0.717, 1.165) is 13.1 Å². The Morgan fingerprint density at radius 2 is 1.52 bits per heavy atom. The van der Waals surface area contributed by atoms with E-state index in [-0.39, 0.29) is 6.09 Å². The molecule has 0 aromatic heterocycles. The van der Waals surface area contributed by atoms with E-state index in [1.165, 1.54) is 51.8 Å². The molecule has 25 heavy (non-hydrogen) atoms. The van der Waals surface area contributed by atoms with Gasteiger partial charge >= 0.3 is 161 Å². The Balaban J connectivity index is 2.88. The van der Waals surface area contributed by atoms with Crippen LogP contribution >= 0.6 is 0 Å². The van der Waals surface area contributed by atoms with Crippen molar-refractivity contribution >= 4 is 24.5 Å². The number of carbonyl (C=O) groups excluding carboxylic acids is 1. The molecular formula is C21H41NO2Sn. The Hall–Kier alpha value is -0.191. The van der Waals surface area contributed by atoms with E-state index < -0.39 is 24.0 Å². The van der Waals surface area contributed by atoms with Gasteiger partial charge in [0.2, 0.25) is 0 Å². The molecule has 1 rings (SSSR count). The SMILES string of the molecule is CCC[CH2][Sn]([CH2]CCC)([CH2]CCC)[C]1=CCN(C(=O)OC(C)(C)C)C1. The number of ether oxygens (including phenoxy) is 1. The zero-order valence-corrected chi connectivity index (χ0v) is 20.5. The van der Waals surface area contributed by atoms with Crippen molar-refractivity contribution in [2.24, 2.45) is 0 Å². The molecule has 0 spiro atoms. The fraction of sp³-hybridized carbons (Fsp3) is 0.857. The van der Waals surface area contributed by atoms with Gasteiger partial charge in [-0.2, -0.15) is 0 Å². The second-order valence-corrected chi connectivity index (χ2v) is 22.1. The normalized spacial score (nSPS) is 15.4. The average Bonchev–Trinajstić information content (AvgIpc) is 3.04. The second kappa shape index (κ2) is 10.8. The van der Waals surface area contributed by atoms with Crippen LogP contribution in [0.1, 0.15) is 80.1 Å². The van der Waals surface area contributed by atoms with Crippen LogP contribution in [0.3, 0.4) is 0 Å². The maximum atomic E-state index is 12.5. The van der Waals surface area contributed by atoms with E-state index in [4.69, 9.17) is 4.74 Å². The summed E-state index contributed by atoms with van der Waals surface area (Å²) in [5.74, 6) is 0. The zero-order valence-electron chi connectivity index (χ0n) is 17.6. The average molecular weight is 458 g/mol. The molecule has 4 heteroatoms. The van der Waals surface area contributed by atoms with Crippen LogP contribution in [0.5, 0.6) is 0 Å². The second-order valence-electron chi connectivity index (χ2n) is 8.68. The van der Waals surface area contributed by atoms with Gasteiger partial charge in [0, 0.05) is 0 Å². The Morgan fingerprint density at radius 3 is 1.92 bits per heavy atom. The maximum absolute atomic E-state index is 12.5. The summed E-state index contributed by atoms with van der Waals surface area (Å²) in [6.45, 7) is 14.4. The molecule has 1 heterocycles. The third kappa shape index (κ3) is 7.52. The molecular weight excluding hydrogens is 417 g/mol. The van der Waals surface area contributed by atoms with Gasteiger partial charge in [-0.15, -0.1) is 0 Å². The number of unbranched alkanes of at least 4 members (excludes halogenated alkanes) is 3. The van der Waals surface area contributed by atoms with Crippen molar-refractivity contribution in [3.63, 3.8) is 0 Å². The first-order valence-corrected chi connectivity index (χ1v) is 17.9. The first-order chi connectivity index (χ1) is 11.8. The van der Waals surface area contributed by atoms with Crippen molar-refractivity contribution in [2.45, 2.75) is 99.0 Å². The van der Waals surface area contributed by atoms with Crippen molar-refractivity contribution in [2.75, 3.05) is 13.1 Å². The van der Waals surface area contributed by atoms with Crippen LogP contribution in [0.15, 0.2) is 9.67 Å². The Labute approximate surface area is 160 Å². The van der Waals surface area contributed by atoms with Crippen molar-refractivity contribution in [3.05, 3.63) is 9.67 Å². The van der Waals surface area contributed by atoms with Crippen LogP contribution in [0, 0.1) is 0 Å². The molecule has 1 amide bonds. The fourth-order valence-corrected chi connectivity index (χ4v) is 20.5. The molecule has 0 bridgehead atoms. The van der Waals surface area contributed by atoms with Gasteiger partial charge < -0.3 is 0 Å². The van der Waals surface area contributed by atoms with Crippen molar-refractivity contribution in [3.8, 4) is 0 Å². The number of carbonyl (C=O) groups is 1. The minimum absolute atomic E-state index is 0.139. The van der Waals surface area contributed by atoms with Gasteiger partial charge in [0.05, 0.1) is 0 Å². The Bertz CT molecular complexity index is 418. The Kier molecular flexibility index (Phi) is 9.90. The molecule has 0 saturated heterocycles. The predicted molar refractivity (Wildman–Crippen MR) is 111 cm³/mol. The quantitative estimate of drug-likeness (QED) is 0.348. The minimum atomic E-state index is -2.36. The van der Waals surface area contributed by atoms with Gasteiger partial charge in [0.15, 0.2) is 0 Å². The summed E-state index contributed by atoms with van der Waals surface area (Å²) in [5.41, 5.74) is -0.410. The number of hydrogen-bond donors (Lipinski definition) is 0. The summed E-state index contributed by atoms with van der Waals surface area (Å²) in [4.78, 5) is 14.4. The third-order valence-corrected chi connectivity index (χ3v) is 21.4. The summed E-state index contributed by atoms with van der Waals surface area (Å²) in [6, 6.07) is 0. The van der Waals surface area contributed by atoms with Crippen LogP contribution < -0.4 is 0 Å². The molecule has 0 N–H and O–H groups in total. The Morgan fingerprint density at radius 1 is 1.04 bits per heavy atom. The molecule has 0 aromatic carbocycles. The molecule has 0 aliphatic carbocycles. The predicted octanol–water partition coefficient (Wildman–Crippen LogP) is 6.55. The van der Waals surface area contributed by atoms with Crippen LogP contribution in [0.2, 0.25) is 13.3 Å². The molecule has 0 atom stereocenters. The fourth-order valence-electron chi connectivity index (χ4n) is 3.81. The monoisotopic (exact) mass is 459 g/mol. The van der Waals surface area contributed by atoms with Gasteiger partial charge in [-0.05, 0) is 0 Å². The molecule has 0 saturated carbocycles. The van der Waals surface area contributed by atoms with Crippen LogP contribution in [0.4, 0.5) is 4.79 Å². The molecule has 0 radical (unpaired) electrons. The van der Waals surface area contributed by atoms with Crippen LogP contribution in [0.25, 0.3) is 0 Å². The van der Waals surface area contributed by atoms with E-state index >= 15 is 0 Å². The number of amides is 1. The summed E-state index contributed by atoms with van der Waals surface area (Å²) < 4.78 is 11.7. The molecule has 1 aliphatic heterocycles. The van der Waals surface area contributed by atoms with E-state index in [9.17, 15) is 4.79 Å². The van der Waals surface area contributed by atoms with Crippen molar-refractivity contribution in [1.82, 2.24) is 4.90 Å². The first-order valence-electron chi connectivity index (χ1n) is 10.5. The van der Waals surface area contributed by atoms with Crippen LogP contribution in [-0.2, 0) is 4.74 Å². The number of rotatable bonds is 10. The topological polar surface area (TPSA) is 29.5 Å². The van der Waals surface area contributed by atoms with Gasteiger partial charge in [0.1, 0.15) is 0 Å². The van der Waals surface area contributed by atoms with E-state index in [1.54, 1.807) is 3.59 Å². The van der Waals surface area contributed by atoms with Gasteiger partial charge in [-0.1, -0.05) is 0 Å². The molecule has 1 aliphatic rings. The van der Waals surface area contributed by atoms with Gasteiger partial charge in [0.25, 0.3) is 0 Å². The van der Waals surface area contributed by atoms with Crippen molar-refractivity contribution in [1.29, 1.82) is 0 Å². The summed E-state index contributed by atoms with van der Waals surface area (Å²) in [6.07, 6.45) is 10.3. The van der Waals surface area contributed by atoms with Gasteiger partial charge in [-0.3, -0.25) is 0 Å². The third-order valence-electron chi connectivity index (χ3n) is 5.28. The molecule has 3 nitrogen and oxygen atoms in total. The zero-order chi connectivity index (χ0) is 18.9. The van der Waals surface area contributed by atoms with Crippen LogP contribution in [-0.4, -0.2) is 48.1 Å². The standard InChI is InChI=1S/C9H14NO2.3C4H9.Sn/c1-9(2,3)12-8(11)10-6-4-5-7-10;3*1-3-4-2;/h4H,6-7H2,1-3H3;3*1,3-4H2,2H3;. The van der Waals surface area contributed by atoms with Gasteiger partial charge in [-0.25, -0.2) is 0 Å².